The Morgan fingerprint density at radius 1 is 1.14 bits per heavy atom. The maximum Gasteiger partial charge on any atom is 0.252 e. The van der Waals surface area contributed by atoms with Crippen LogP contribution >= 0.6 is 0 Å². The van der Waals surface area contributed by atoms with E-state index in [1.165, 1.54) is 0 Å². The Kier molecular flexibility index (Phi) is 4.97. The number of rotatable bonds is 3. The number of carbonyl (C=O) groups is 1. The molecule has 29 heavy (non-hydrogen) atoms. The van der Waals surface area contributed by atoms with Gasteiger partial charge >= 0.3 is 0 Å². The molecule has 2 N–H and O–H groups in total. The van der Waals surface area contributed by atoms with Crippen molar-refractivity contribution in [3.63, 3.8) is 0 Å². The minimum Gasteiger partial charge on any atom is -0.496 e. The summed E-state index contributed by atoms with van der Waals surface area (Å²) in [4.78, 5) is 21.0. The summed E-state index contributed by atoms with van der Waals surface area (Å²) >= 11 is 0. The smallest absolute Gasteiger partial charge is 0.252 e. The van der Waals surface area contributed by atoms with Crippen molar-refractivity contribution in [1.82, 2.24) is 10.3 Å². The van der Waals surface area contributed by atoms with E-state index in [4.69, 9.17) is 4.74 Å². The molecule has 5 nitrogen and oxygen atoms in total. The lowest BCUT2D eigenvalue weighted by Crippen LogP contribution is -2.32. The van der Waals surface area contributed by atoms with Gasteiger partial charge in [0, 0.05) is 35.0 Å². The molecule has 0 saturated heterocycles. The second-order valence-electron chi connectivity index (χ2n) is 7.34. The Labute approximate surface area is 170 Å². The van der Waals surface area contributed by atoms with Gasteiger partial charge in [-0.15, -0.1) is 0 Å². The number of ether oxygens (including phenoxy) is 1. The molecule has 0 fully saturated rings. The molecule has 1 aliphatic rings. The van der Waals surface area contributed by atoms with Gasteiger partial charge in [-0.1, -0.05) is 31.2 Å². The lowest BCUT2D eigenvalue weighted by Gasteiger charge is -2.27. The lowest BCUT2D eigenvalue weighted by atomic mass is 9.83. The number of nitrogens with one attached hydrogen (secondary N) is 2. The van der Waals surface area contributed by atoms with Crippen LogP contribution in [0.15, 0.2) is 53.7 Å². The number of nitrogens with zero attached hydrogens (tertiary/aromatic N) is 1. The number of hydrogen-bond donors (Lipinski definition) is 2. The Balaban J connectivity index is 1.94. The van der Waals surface area contributed by atoms with E-state index in [1.54, 1.807) is 13.3 Å². The zero-order valence-electron chi connectivity index (χ0n) is 17.1. The van der Waals surface area contributed by atoms with Crippen LogP contribution in [0.2, 0.25) is 0 Å². The summed E-state index contributed by atoms with van der Waals surface area (Å²) < 4.78 is 5.41. The van der Waals surface area contributed by atoms with Crippen molar-refractivity contribution >= 4 is 17.9 Å². The molecule has 0 bridgehead atoms. The van der Waals surface area contributed by atoms with Gasteiger partial charge in [0.05, 0.1) is 13.2 Å². The summed E-state index contributed by atoms with van der Waals surface area (Å²) in [7, 11) is 1.66. The summed E-state index contributed by atoms with van der Waals surface area (Å²) in [5.74, 6) is 1.61. The Bertz CT molecular complexity index is 1100. The third-order valence-electron chi connectivity index (χ3n) is 5.63. The number of amides is 1. The molecule has 4 rings (SSSR count). The van der Waals surface area contributed by atoms with Crippen molar-refractivity contribution in [2.75, 3.05) is 7.11 Å². The molecule has 2 aromatic carbocycles. The third kappa shape index (κ3) is 3.23. The summed E-state index contributed by atoms with van der Waals surface area (Å²) in [5, 5.41) is 3.24. The molecule has 2 unspecified atom stereocenters. The first kappa shape index (κ1) is 19.0. The topological polar surface area (TPSA) is 66.5 Å². The van der Waals surface area contributed by atoms with Crippen molar-refractivity contribution in [1.29, 1.82) is 0 Å². The number of aryl methyl sites for hydroxylation is 1. The second-order valence-corrected chi connectivity index (χ2v) is 7.34. The number of aromatic amines is 1. The lowest BCUT2D eigenvalue weighted by molar-refractivity contribution is 0.0940. The van der Waals surface area contributed by atoms with E-state index in [-0.39, 0.29) is 17.9 Å². The van der Waals surface area contributed by atoms with E-state index < -0.39 is 0 Å². The zero-order chi connectivity index (χ0) is 20.5. The van der Waals surface area contributed by atoms with Gasteiger partial charge in [0.1, 0.15) is 11.6 Å². The van der Waals surface area contributed by atoms with Gasteiger partial charge in [0.2, 0.25) is 0 Å². The SMILES string of the molecule is CC=Nc1[nH]cc2c1C(C)c1ccccc1C(=O)NC2c1ccc(OC)c(C)c1. The molecule has 2 atom stereocenters. The van der Waals surface area contributed by atoms with Gasteiger partial charge in [0.15, 0.2) is 0 Å². The average Bonchev–Trinajstić information content (AvgIpc) is 3.14. The fraction of sp³-hybridized carbons (Fsp3) is 0.250. The average molecular weight is 387 g/mol. The first-order valence-corrected chi connectivity index (χ1v) is 9.79. The van der Waals surface area contributed by atoms with Gasteiger partial charge in [-0.25, -0.2) is 4.99 Å². The highest BCUT2D eigenvalue weighted by atomic mass is 16.5. The Morgan fingerprint density at radius 3 is 2.66 bits per heavy atom. The van der Waals surface area contributed by atoms with Crippen molar-refractivity contribution in [3.05, 3.63) is 82.0 Å². The van der Waals surface area contributed by atoms with Gasteiger partial charge in [0.25, 0.3) is 5.91 Å². The van der Waals surface area contributed by atoms with E-state index in [0.717, 1.165) is 39.4 Å². The van der Waals surface area contributed by atoms with E-state index in [2.05, 4.69) is 28.3 Å². The van der Waals surface area contributed by atoms with Gasteiger partial charge in [-0.3, -0.25) is 4.79 Å². The number of benzene rings is 2. The highest BCUT2D eigenvalue weighted by Crippen LogP contribution is 2.42. The number of aliphatic imine (C=N–C) groups is 1. The number of fused-ring (bicyclic) bond motifs is 2. The van der Waals surface area contributed by atoms with E-state index >= 15 is 0 Å². The van der Waals surface area contributed by atoms with Crippen LogP contribution in [0.1, 0.15) is 64.0 Å². The normalized spacial score (nSPS) is 18.6. The largest absolute Gasteiger partial charge is 0.496 e. The van der Waals surface area contributed by atoms with Crippen molar-refractivity contribution in [2.45, 2.75) is 32.7 Å². The maximum atomic E-state index is 13.2. The Hall–Kier alpha value is -3.34. The van der Waals surface area contributed by atoms with E-state index in [0.29, 0.717) is 5.56 Å². The molecule has 0 saturated carbocycles. The van der Waals surface area contributed by atoms with Crippen LogP contribution in [-0.2, 0) is 0 Å². The van der Waals surface area contributed by atoms with E-state index in [1.807, 2.05) is 56.4 Å². The van der Waals surface area contributed by atoms with Crippen molar-refractivity contribution in [2.24, 2.45) is 4.99 Å². The quantitative estimate of drug-likeness (QED) is 0.619. The summed E-state index contributed by atoms with van der Waals surface area (Å²) in [6.07, 6.45) is 3.75. The third-order valence-corrected chi connectivity index (χ3v) is 5.63. The molecule has 0 spiro atoms. The van der Waals surface area contributed by atoms with Crippen LogP contribution in [-0.4, -0.2) is 24.2 Å². The molecule has 1 aliphatic heterocycles. The van der Waals surface area contributed by atoms with Gasteiger partial charge in [-0.2, -0.15) is 0 Å². The molecule has 5 heteroatoms. The van der Waals surface area contributed by atoms with Gasteiger partial charge in [-0.05, 0) is 48.7 Å². The first-order chi connectivity index (χ1) is 14.0. The number of methoxy groups -OCH3 is 1. The maximum absolute atomic E-state index is 13.2. The summed E-state index contributed by atoms with van der Waals surface area (Å²) in [5.41, 5.74) is 5.88. The second kappa shape index (κ2) is 7.59. The number of aromatic nitrogens is 1. The standard InChI is InChI=1S/C24H25N3O2/c1-5-25-23-21-15(3)17-8-6-7-9-18(17)24(28)27-22(19(21)13-26-23)16-10-11-20(29-4)14(2)12-16/h5-13,15,22,26H,1-4H3,(H,27,28). The zero-order valence-corrected chi connectivity index (χ0v) is 17.1. The van der Waals surface area contributed by atoms with Crippen LogP contribution in [0.3, 0.4) is 0 Å². The molecule has 0 aliphatic carbocycles. The molecule has 148 valence electrons. The molecule has 1 aromatic heterocycles. The summed E-state index contributed by atoms with van der Waals surface area (Å²) in [6.45, 7) is 6.05. The van der Waals surface area contributed by atoms with Crippen LogP contribution in [0, 0.1) is 6.92 Å². The molecule has 1 amide bonds. The fourth-order valence-corrected chi connectivity index (χ4v) is 4.24. The summed E-state index contributed by atoms with van der Waals surface area (Å²) in [6, 6.07) is 13.5. The minimum atomic E-state index is -0.282. The fourth-order valence-electron chi connectivity index (χ4n) is 4.24. The molecular formula is C24H25N3O2. The van der Waals surface area contributed by atoms with Crippen LogP contribution in [0.25, 0.3) is 0 Å². The highest BCUT2D eigenvalue weighted by molar-refractivity contribution is 5.97. The van der Waals surface area contributed by atoms with Crippen LogP contribution < -0.4 is 10.1 Å². The molecule has 0 radical (unpaired) electrons. The Morgan fingerprint density at radius 2 is 1.93 bits per heavy atom. The predicted molar refractivity (Wildman–Crippen MR) is 116 cm³/mol. The van der Waals surface area contributed by atoms with Gasteiger partial charge < -0.3 is 15.0 Å². The van der Waals surface area contributed by atoms with Crippen LogP contribution in [0.4, 0.5) is 5.82 Å². The predicted octanol–water partition coefficient (Wildman–Crippen LogP) is 5.04. The van der Waals surface area contributed by atoms with Crippen molar-refractivity contribution < 1.29 is 9.53 Å². The molecule has 3 aromatic rings. The monoisotopic (exact) mass is 387 g/mol. The molecule has 2 heterocycles. The van der Waals surface area contributed by atoms with E-state index in [9.17, 15) is 4.79 Å². The van der Waals surface area contributed by atoms with Crippen molar-refractivity contribution in [3.8, 4) is 5.75 Å². The number of H-pyrrole nitrogens is 1. The minimum absolute atomic E-state index is 0.0269. The molecular weight excluding hydrogens is 362 g/mol. The van der Waals surface area contributed by atoms with Crippen LogP contribution in [0.5, 0.6) is 5.75 Å². The first-order valence-electron chi connectivity index (χ1n) is 9.79. The number of hydrogen-bond acceptors (Lipinski definition) is 3. The highest BCUT2D eigenvalue weighted by Gasteiger charge is 2.31. The number of carbonyl (C=O) groups excluding carboxylic acids is 1.